The number of nitrogens with one attached hydrogen (secondary N) is 1. The lowest BCUT2D eigenvalue weighted by molar-refractivity contribution is -0.138. The molecule has 3 aromatic rings. The zero-order valence-electron chi connectivity index (χ0n) is 20.9. The third-order valence-electron chi connectivity index (χ3n) is 8.39. The van der Waals surface area contributed by atoms with E-state index in [1.54, 1.807) is 11.9 Å². The van der Waals surface area contributed by atoms with Gasteiger partial charge < -0.3 is 9.80 Å². The van der Waals surface area contributed by atoms with E-state index in [0.717, 1.165) is 83.8 Å². The molecule has 4 aliphatic rings. The fraction of sp³-hybridized carbons (Fsp3) is 0.577. The van der Waals surface area contributed by atoms with Crippen molar-refractivity contribution in [1.82, 2.24) is 29.2 Å². The first-order chi connectivity index (χ1) is 18.0. The van der Waals surface area contributed by atoms with E-state index in [0.29, 0.717) is 5.91 Å². The molecule has 0 bridgehead atoms. The van der Waals surface area contributed by atoms with Gasteiger partial charge in [-0.15, -0.1) is 10.2 Å². The monoisotopic (exact) mass is 534 g/mol. The molecule has 4 heterocycles. The normalized spacial score (nSPS) is 22.1. The molecule has 4 fully saturated rings. The van der Waals surface area contributed by atoms with E-state index in [9.17, 15) is 10.1 Å². The summed E-state index contributed by atoms with van der Waals surface area (Å²) in [7, 11) is 0. The number of amides is 1. The summed E-state index contributed by atoms with van der Waals surface area (Å²) in [6, 6.07) is 4.67. The number of pyridine rings is 1. The van der Waals surface area contributed by atoms with Crippen LogP contribution in [0, 0.1) is 17.2 Å². The number of aromatic nitrogens is 4. The Balaban J connectivity index is 1.20. The van der Waals surface area contributed by atoms with Crippen LogP contribution in [-0.2, 0) is 10.2 Å². The molecule has 1 aliphatic heterocycles. The van der Waals surface area contributed by atoms with E-state index >= 15 is 0 Å². The van der Waals surface area contributed by atoms with E-state index in [2.05, 4.69) is 54.4 Å². The minimum atomic E-state index is -0.449. The van der Waals surface area contributed by atoms with E-state index in [4.69, 9.17) is 4.98 Å². The van der Waals surface area contributed by atoms with Crippen molar-refractivity contribution in [3.05, 3.63) is 23.5 Å². The number of nitriles is 1. The SMILES string of the molecule is CC1(NSc2cc(N3CCN(C(=O)C4CCC4)CC3)c3cnc(-c4nnc(C5(C#N)CC5)s4)n3c2)CC1. The lowest BCUT2D eigenvalue weighted by Crippen LogP contribution is -2.51. The largest absolute Gasteiger partial charge is 0.366 e. The molecular weight excluding hydrogens is 504 g/mol. The van der Waals surface area contributed by atoms with Crippen LogP contribution >= 0.6 is 23.3 Å². The van der Waals surface area contributed by atoms with Gasteiger partial charge in [0.2, 0.25) is 5.91 Å². The number of rotatable bonds is 7. The van der Waals surface area contributed by atoms with Crippen molar-refractivity contribution < 1.29 is 4.79 Å². The number of imidazole rings is 1. The molecule has 3 aliphatic carbocycles. The highest BCUT2D eigenvalue weighted by Gasteiger charge is 2.48. The number of fused-ring (bicyclic) bond motifs is 1. The van der Waals surface area contributed by atoms with Gasteiger partial charge in [0.1, 0.15) is 10.4 Å². The van der Waals surface area contributed by atoms with Gasteiger partial charge in [0.15, 0.2) is 10.8 Å². The fourth-order valence-electron chi connectivity index (χ4n) is 5.08. The van der Waals surface area contributed by atoms with Gasteiger partial charge in [-0.2, -0.15) is 5.26 Å². The smallest absolute Gasteiger partial charge is 0.225 e. The van der Waals surface area contributed by atoms with E-state index in [-0.39, 0.29) is 11.5 Å². The first kappa shape index (κ1) is 23.4. The Hall–Kier alpha value is -2.68. The molecule has 3 saturated carbocycles. The molecule has 1 amide bonds. The minimum Gasteiger partial charge on any atom is -0.366 e. The molecule has 11 heteroatoms. The summed E-state index contributed by atoms with van der Waals surface area (Å²) in [5.74, 6) is 1.34. The zero-order chi connectivity index (χ0) is 25.2. The number of carbonyl (C=O) groups is 1. The number of nitrogens with zero attached hydrogens (tertiary/aromatic N) is 7. The van der Waals surface area contributed by atoms with Gasteiger partial charge in [0.25, 0.3) is 0 Å². The van der Waals surface area contributed by atoms with Gasteiger partial charge in [0.05, 0.1) is 23.5 Å². The lowest BCUT2D eigenvalue weighted by atomic mass is 9.84. The van der Waals surface area contributed by atoms with Gasteiger partial charge in [-0.25, -0.2) is 4.98 Å². The number of hydrogen-bond acceptors (Lipinski definition) is 9. The molecule has 1 saturated heterocycles. The Kier molecular flexibility index (Phi) is 5.50. The van der Waals surface area contributed by atoms with Crippen LogP contribution in [0.3, 0.4) is 0 Å². The van der Waals surface area contributed by atoms with Gasteiger partial charge in [-0.1, -0.05) is 17.8 Å². The maximum atomic E-state index is 12.8. The second-order valence-corrected chi connectivity index (χ2v) is 13.1. The second-order valence-electron chi connectivity index (χ2n) is 11.2. The molecule has 0 aromatic carbocycles. The third kappa shape index (κ3) is 4.19. The van der Waals surface area contributed by atoms with Crippen molar-refractivity contribution in [3.8, 4) is 16.9 Å². The summed E-state index contributed by atoms with van der Waals surface area (Å²) in [5, 5.41) is 19.9. The molecule has 7 rings (SSSR count). The topological polar surface area (TPSA) is 102 Å². The molecule has 0 atom stereocenters. The van der Waals surface area contributed by atoms with Crippen molar-refractivity contribution in [2.24, 2.45) is 5.92 Å². The highest BCUT2D eigenvalue weighted by atomic mass is 32.2. The summed E-state index contributed by atoms with van der Waals surface area (Å²) in [5.41, 5.74) is 1.90. The number of anilines is 1. The Bertz CT molecular complexity index is 1400. The highest BCUT2D eigenvalue weighted by molar-refractivity contribution is 7.97. The summed E-state index contributed by atoms with van der Waals surface area (Å²) in [6.07, 6.45) is 11.4. The van der Waals surface area contributed by atoms with E-state index in [1.165, 1.54) is 30.6 Å². The molecule has 192 valence electrons. The van der Waals surface area contributed by atoms with Gasteiger partial charge >= 0.3 is 0 Å². The number of piperazine rings is 1. The maximum Gasteiger partial charge on any atom is 0.225 e. The van der Waals surface area contributed by atoms with E-state index in [1.807, 2.05) is 6.20 Å². The van der Waals surface area contributed by atoms with Crippen LogP contribution in [0.25, 0.3) is 16.3 Å². The van der Waals surface area contributed by atoms with Crippen molar-refractivity contribution >= 4 is 40.4 Å². The average Bonchev–Trinajstić information content (AvgIpc) is 3.73. The van der Waals surface area contributed by atoms with Crippen LogP contribution in [0.1, 0.15) is 56.9 Å². The van der Waals surface area contributed by atoms with Gasteiger partial charge in [0, 0.05) is 48.7 Å². The molecule has 1 N–H and O–H groups in total. The van der Waals surface area contributed by atoms with Crippen molar-refractivity contribution in [2.75, 3.05) is 31.1 Å². The first-order valence-electron chi connectivity index (χ1n) is 13.2. The predicted molar refractivity (Wildman–Crippen MR) is 143 cm³/mol. The van der Waals surface area contributed by atoms with Crippen LogP contribution in [0.2, 0.25) is 0 Å². The molecular formula is C26H30N8OS2. The van der Waals surface area contributed by atoms with Crippen LogP contribution in [0.5, 0.6) is 0 Å². The van der Waals surface area contributed by atoms with Crippen LogP contribution in [0.4, 0.5) is 5.69 Å². The lowest BCUT2D eigenvalue weighted by Gasteiger charge is -2.39. The Morgan fingerprint density at radius 3 is 2.62 bits per heavy atom. The zero-order valence-corrected chi connectivity index (χ0v) is 22.6. The van der Waals surface area contributed by atoms with Crippen molar-refractivity contribution in [3.63, 3.8) is 0 Å². The van der Waals surface area contributed by atoms with Crippen molar-refractivity contribution in [1.29, 1.82) is 5.26 Å². The summed E-state index contributed by atoms with van der Waals surface area (Å²) in [4.78, 5) is 23.1. The highest BCUT2D eigenvalue weighted by Crippen LogP contribution is 2.49. The van der Waals surface area contributed by atoms with Crippen LogP contribution in [-0.4, -0.2) is 62.1 Å². The van der Waals surface area contributed by atoms with Gasteiger partial charge in [-0.05, 0) is 63.5 Å². The van der Waals surface area contributed by atoms with E-state index < -0.39 is 5.41 Å². The Morgan fingerprint density at radius 2 is 1.97 bits per heavy atom. The quantitative estimate of drug-likeness (QED) is 0.454. The Labute approximate surface area is 224 Å². The van der Waals surface area contributed by atoms with Gasteiger partial charge in [-0.3, -0.25) is 13.9 Å². The second kappa shape index (κ2) is 8.68. The standard InChI is InChI=1S/C26H30N8OS2/c1-25(5-6-25)31-37-18-13-19(32-9-11-33(12-10-32)23(35)17-3-2-4-17)20-14-28-21(34(20)15-18)22-29-30-24(36-22)26(16-27)7-8-26/h13-15,17,31H,2-12H2,1H3. The minimum absolute atomic E-state index is 0.203. The number of carbonyl (C=O) groups excluding carboxylic acids is 1. The molecule has 0 unspecified atom stereocenters. The molecule has 3 aromatic heterocycles. The Morgan fingerprint density at radius 1 is 1.19 bits per heavy atom. The fourth-order valence-corrected chi connectivity index (χ4v) is 7.01. The van der Waals surface area contributed by atoms with Crippen molar-refractivity contribution in [2.45, 2.75) is 67.7 Å². The summed E-state index contributed by atoms with van der Waals surface area (Å²) >= 11 is 3.15. The first-order valence-corrected chi connectivity index (χ1v) is 14.8. The molecule has 0 spiro atoms. The third-order valence-corrected chi connectivity index (χ3v) is 10.6. The van der Waals surface area contributed by atoms with Crippen LogP contribution in [0.15, 0.2) is 23.4 Å². The maximum absolute atomic E-state index is 12.8. The molecule has 0 radical (unpaired) electrons. The number of hydrogen-bond donors (Lipinski definition) is 1. The molecule has 37 heavy (non-hydrogen) atoms. The van der Waals surface area contributed by atoms with Crippen LogP contribution < -0.4 is 9.62 Å². The summed E-state index contributed by atoms with van der Waals surface area (Å²) in [6.45, 7) is 5.38. The predicted octanol–water partition coefficient (Wildman–Crippen LogP) is 4.01. The average molecular weight is 535 g/mol. The molecule has 9 nitrogen and oxygen atoms in total. The summed E-state index contributed by atoms with van der Waals surface area (Å²) < 4.78 is 5.75.